The second-order valence-corrected chi connectivity index (χ2v) is 4.46. The fourth-order valence-electron chi connectivity index (χ4n) is 1.63. The van der Waals surface area contributed by atoms with Crippen molar-refractivity contribution in [3.63, 3.8) is 0 Å². The summed E-state index contributed by atoms with van der Waals surface area (Å²) < 4.78 is 1.68. The topological polar surface area (TPSA) is 60.9 Å². The van der Waals surface area contributed by atoms with Crippen molar-refractivity contribution in [1.29, 1.82) is 0 Å². The van der Waals surface area contributed by atoms with Gasteiger partial charge in [0.05, 0.1) is 16.4 Å². The van der Waals surface area contributed by atoms with Crippen LogP contribution in [0.4, 0.5) is 0 Å². The van der Waals surface area contributed by atoms with Crippen molar-refractivity contribution in [1.82, 2.24) is 9.78 Å². The first kappa shape index (κ1) is 13.2. The highest BCUT2D eigenvalue weighted by molar-refractivity contribution is 6.32. The predicted molar refractivity (Wildman–Crippen MR) is 64.6 cm³/mol. The number of carbonyl (C=O) groups excluding carboxylic acids is 1. The Bertz CT molecular complexity index is 385. The third-order valence-electron chi connectivity index (χ3n) is 2.42. The maximum absolute atomic E-state index is 11.6. The molecular weight excluding hydrogens is 226 g/mol. The largest absolute Gasteiger partial charge is 0.328 e. The molecule has 5 heteroatoms. The zero-order valence-electron chi connectivity index (χ0n) is 9.96. The van der Waals surface area contributed by atoms with Crippen LogP contribution in [0.5, 0.6) is 0 Å². The lowest BCUT2D eigenvalue weighted by molar-refractivity contribution is -0.118. The van der Waals surface area contributed by atoms with Crippen molar-refractivity contribution in [2.24, 2.45) is 12.8 Å². The average Bonchev–Trinajstić information content (AvgIpc) is 2.44. The predicted octanol–water partition coefficient (Wildman–Crippen LogP) is 1.48. The molecule has 0 fully saturated rings. The van der Waals surface area contributed by atoms with E-state index >= 15 is 0 Å². The highest BCUT2D eigenvalue weighted by Crippen LogP contribution is 2.21. The minimum absolute atomic E-state index is 0.0996. The summed E-state index contributed by atoms with van der Waals surface area (Å²) in [6, 6.07) is -0.106. The first-order valence-electron chi connectivity index (χ1n) is 5.43. The van der Waals surface area contributed by atoms with E-state index in [0.29, 0.717) is 17.9 Å². The molecule has 0 aromatic carbocycles. The molecule has 1 aromatic heterocycles. The molecule has 0 saturated heterocycles. The van der Waals surface area contributed by atoms with Gasteiger partial charge in [0.15, 0.2) is 0 Å². The van der Waals surface area contributed by atoms with Gasteiger partial charge < -0.3 is 5.73 Å². The molecule has 0 radical (unpaired) electrons. The van der Waals surface area contributed by atoms with E-state index in [0.717, 1.165) is 17.8 Å². The number of Topliss-reactive ketones (excluding diaryl/α,β-unsaturated/α-hetero) is 1. The fourth-order valence-corrected chi connectivity index (χ4v) is 1.99. The minimum atomic E-state index is -0.106. The molecule has 1 rings (SSSR count). The maximum atomic E-state index is 11.6. The van der Waals surface area contributed by atoms with Crippen LogP contribution in [0.3, 0.4) is 0 Å². The Labute approximate surface area is 101 Å². The first-order valence-corrected chi connectivity index (χ1v) is 5.81. The number of nitrogens with two attached hydrogens (primary N) is 1. The van der Waals surface area contributed by atoms with Crippen LogP contribution in [0.1, 0.15) is 31.7 Å². The van der Waals surface area contributed by atoms with Crippen LogP contribution in [0.25, 0.3) is 0 Å². The first-order chi connectivity index (χ1) is 7.45. The minimum Gasteiger partial charge on any atom is -0.328 e. The number of rotatable bonds is 5. The Morgan fingerprint density at radius 3 is 2.69 bits per heavy atom. The van der Waals surface area contributed by atoms with Crippen molar-refractivity contribution in [3.8, 4) is 0 Å². The smallest absolute Gasteiger partial charge is 0.140 e. The maximum Gasteiger partial charge on any atom is 0.140 e. The highest BCUT2D eigenvalue weighted by atomic mass is 35.5. The number of hydrogen-bond acceptors (Lipinski definition) is 3. The normalized spacial score (nSPS) is 12.8. The molecule has 90 valence electrons. The second-order valence-electron chi connectivity index (χ2n) is 4.08. The second kappa shape index (κ2) is 5.46. The fraction of sp³-hybridized carbons (Fsp3) is 0.636. The SMILES string of the molecule is CCc1nn(C)c(CC(=O)CC(C)N)c1Cl. The van der Waals surface area contributed by atoms with Crippen molar-refractivity contribution in [3.05, 3.63) is 16.4 Å². The standard InChI is InChI=1S/C11H18ClN3O/c1-4-9-11(12)10(15(3)14-9)6-8(16)5-7(2)13/h7H,4-6,13H2,1-3H3. The van der Waals surface area contributed by atoms with Crippen LogP contribution < -0.4 is 5.73 Å². The van der Waals surface area contributed by atoms with Crippen molar-refractivity contribution >= 4 is 17.4 Å². The van der Waals surface area contributed by atoms with Crippen molar-refractivity contribution < 1.29 is 4.79 Å². The van der Waals surface area contributed by atoms with E-state index in [1.807, 2.05) is 13.8 Å². The van der Waals surface area contributed by atoms with Gasteiger partial charge in [-0.1, -0.05) is 18.5 Å². The number of ketones is 1. The summed E-state index contributed by atoms with van der Waals surface area (Å²) in [5.74, 6) is 0.0996. The van der Waals surface area contributed by atoms with Crippen LogP contribution in [-0.4, -0.2) is 21.6 Å². The van der Waals surface area contributed by atoms with Gasteiger partial charge in [-0.2, -0.15) is 5.10 Å². The van der Waals surface area contributed by atoms with E-state index in [2.05, 4.69) is 5.10 Å². The summed E-state index contributed by atoms with van der Waals surface area (Å²) >= 11 is 6.14. The molecule has 1 aromatic rings. The molecule has 1 unspecified atom stereocenters. The van der Waals surface area contributed by atoms with Crippen molar-refractivity contribution in [2.75, 3.05) is 0 Å². The molecule has 16 heavy (non-hydrogen) atoms. The molecule has 0 aliphatic rings. The van der Waals surface area contributed by atoms with E-state index in [4.69, 9.17) is 17.3 Å². The molecular formula is C11H18ClN3O. The number of nitrogens with zero attached hydrogens (tertiary/aromatic N) is 2. The van der Waals surface area contributed by atoms with Crippen LogP contribution in [0.15, 0.2) is 0 Å². The average molecular weight is 244 g/mol. The van der Waals surface area contributed by atoms with Gasteiger partial charge in [-0.05, 0) is 13.3 Å². The zero-order chi connectivity index (χ0) is 12.3. The Morgan fingerprint density at radius 1 is 1.62 bits per heavy atom. The van der Waals surface area contributed by atoms with Gasteiger partial charge in [-0.15, -0.1) is 0 Å². The van der Waals surface area contributed by atoms with E-state index in [1.165, 1.54) is 0 Å². The van der Waals surface area contributed by atoms with Crippen LogP contribution >= 0.6 is 11.6 Å². The van der Waals surface area contributed by atoms with Crippen LogP contribution in [0.2, 0.25) is 5.02 Å². The zero-order valence-corrected chi connectivity index (χ0v) is 10.7. The quantitative estimate of drug-likeness (QED) is 0.852. The summed E-state index contributed by atoms with van der Waals surface area (Å²) in [7, 11) is 1.81. The molecule has 0 bridgehead atoms. The summed E-state index contributed by atoms with van der Waals surface area (Å²) in [6.45, 7) is 3.81. The van der Waals surface area contributed by atoms with Crippen LogP contribution in [0, 0.1) is 0 Å². The van der Waals surface area contributed by atoms with Gasteiger partial charge in [0.25, 0.3) is 0 Å². The highest BCUT2D eigenvalue weighted by Gasteiger charge is 2.16. The summed E-state index contributed by atoms with van der Waals surface area (Å²) in [5.41, 5.74) is 7.20. The lowest BCUT2D eigenvalue weighted by Crippen LogP contribution is -2.21. The molecule has 0 saturated carbocycles. The Morgan fingerprint density at radius 2 is 2.25 bits per heavy atom. The van der Waals surface area contributed by atoms with E-state index in [-0.39, 0.29) is 11.8 Å². The number of aryl methyl sites for hydroxylation is 2. The van der Waals surface area contributed by atoms with Gasteiger partial charge in [-0.3, -0.25) is 9.48 Å². The molecule has 0 spiro atoms. The molecule has 0 amide bonds. The van der Waals surface area contributed by atoms with Gasteiger partial charge >= 0.3 is 0 Å². The van der Waals surface area contributed by atoms with Crippen LogP contribution in [-0.2, 0) is 24.7 Å². The number of aromatic nitrogens is 2. The molecule has 1 atom stereocenters. The number of halogens is 1. The Hall–Kier alpha value is -0.870. The molecule has 0 aliphatic heterocycles. The lowest BCUT2D eigenvalue weighted by atomic mass is 10.1. The number of hydrogen-bond donors (Lipinski definition) is 1. The molecule has 4 nitrogen and oxygen atoms in total. The van der Waals surface area contributed by atoms with E-state index < -0.39 is 0 Å². The van der Waals surface area contributed by atoms with Crippen molar-refractivity contribution in [2.45, 2.75) is 39.2 Å². The van der Waals surface area contributed by atoms with Gasteiger partial charge in [0.1, 0.15) is 5.78 Å². The Kier molecular flexibility index (Phi) is 4.50. The summed E-state index contributed by atoms with van der Waals surface area (Å²) in [5, 5.41) is 4.88. The lowest BCUT2D eigenvalue weighted by Gasteiger charge is -2.05. The molecule has 0 aliphatic carbocycles. The molecule has 2 N–H and O–H groups in total. The van der Waals surface area contributed by atoms with E-state index in [1.54, 1.807) is 11.7 Å². The Balaban J connectivity index is 2.81. The monoisotopic (exact) mass is 243 g/mol. The third-order valence-corrected chi connectivity index (χ3v) is 2.85. The summed E-state index contributed by atoms with van der Waals surface area (Å²) in [6.07, 6.45) is 1.46. The van der Waals surface area contributed by atoms with Gasteiger partial charge in [-0.25, -0.2) is 0 Å². The van der Waals surface area contributed by atoms with Gasteiger partial charge in [0.2, 0.25) is 0 Å². The van der Waals surface area contributed by atoms with Gasteiger partial charge in [0, 0.05) is 25.9 Å². The summed E-state index contributed by atoms with van der Waals surface area (Å²) in [4.78, 5) is 11.6. The number of carbonyl (C=O) groups is 1. The molecule has 1 heterocycles. The van der Waals surface area contributed by atoms with E-state index in [9.17, 15) is 4.79 Å². The third kappa shape index (κ3) is 3.06.